The Labute approximate surface area is 175 Å². The fourth-order valence-corrected chi connectivity index (χ4v) is 4.14. The van der Waals surface area contributed by atoms with E-state index in [1.165, 1.54) is 12.1 Å². The Kier molecular flexibility index (Phi) is 4.99. The number of carbonyl (C=O) groups excluding carboxylic acids is 1. The number of rotatable bonds is 5. The number of urea groups is 1. The van der Waals surface area contributed by atoms with E-state index in [4.69, 9.17) is 4.74 Å². The molecule has 6 nitrogen and oxygen atoms in total. The third kappa shape index (κ3) is 4.09. The predicted octanol–water partition coefficient (Wildman–Crippen LogP) is 4.67. The molecule has 0 aliphatic carbocycles. The minimum atomic E-state index is -0.274. The molecule has 3 N–H and O–H groups in total. The summed E-state index contributed by atoms with van der Waals surface area (Å²) in [4.78, 5) is 14.8. The van der Waals surface area contributed by atoms with Crippen molar-refractivity contribution < 1.29 is 9.53 Å². The average molecular weight is 400 g/mol. The van der Waals surface area contributed by atoms with Crippen LogP contribution in [-0.4, -0.2) is 31.2 Å². The summed E-state index contributed by atoms with van der Waals surface area (Å²) in [6.07, 6.45) is 1.22. The maximum Gasteiger partial charge on any atom is 0.323 e. The van der Waals surface area contributed by atoms with Gasteiger partial charge in [-0.15, -0.1) is 0 Å². The quantitative estimate of drug-likeness (QED) is 0.582. The van der Waals surface area contributed by atoms with Crippen LogP contribution >= 0.6 is 0 Å². The molecular formula is C24H24N4O2. The van der Waals surface area contributed by atoms with Crippen molar-refractivity contribution in [1.82, 2.24) is 5.32 Å². The number of hydrogen-bond acceptors (Lipinski definition) is 4. The second-order valence-electron chi connectivity index (χ2n) is 7.71. The second kappa shape index (κ2) is 8.08. The second-order valence-corrected chi connectivity index (χ2v) is 7.71. The number of anilines is 3. The molecule has 6 heteroatoms. The number of nitrogens with zero attached hydrogens (tertiary/aromatic N) is 1. The number of para-hydroxylation sites is 1. The van der Waals surface area contributed by atoms with E-state index in [-0.39, 0.29) is 6.03 Å². The van der Waals surface area contributed by atoms with Crippen molar-refractivity contribution in [2.75, 3.05) is 28.6 Å². The minimum Gasteiger partial charge on any atom is -0.457 e. The molecule has 30 heavy (non-hydrogen) atoms. The predicted molar refractivity (Wildman–Crippen MR) is 120 cm³/mol. The van der Waals surface area contributed by atoms with E-state index >= 15 is 0 Å². The SMILES string of the molecule is O=C(Nc1ccc(Oc2ccccc2)cc1)Nc1ccc(N2C[C@H]3C[C@H]2CN3)cc1. The molecule has 2 saturated heterocycles. The van der Waals surface area contributed by atoms with Gasteiger partial charge in [-0.2, -0.15) is 0 Å². The zero-order valence-corrected chi connectivity index (χ0v) is 16.5. The number of nitrogens with one attached hydrogen (secondary N) is 3. The molecule has 152 valence electrons. The van der Waals surface area contributed by atoms with E-state index in [0.29, 0.717) is 23.5 Å². The molecular weight excluding hydrogens is 376 g/mol. The highest BCUT2D eigenvalue weighted by Crippen LogP contribution is 2.30. The number of fused-ring (bicyclic) bond motifs is 2. The highest BCUT2D eigenvalue weighted by molar-refractivity contribution is 5.99. The van der Waals surface area contributed by atoms with Crippen LogP contribution in [0.25, 0.3) is 0 Å². The molecule has 2 aliphatic rings. The zero-order valence-electron chi connectivity index (χ0n) is 16.5. The summed E-state index contributed by atoms with van der Waals surface area (Å²) in [5, 5.41) is 9.25. The number of benzene rings is 3. The van der Waals surface area contributed by atoms with Crippen molar-refractivity contribution in [3.63, 3.8) is 0 Å². The molecule has 3 aromatic rings. The lowest BCUT2D eigenvalue weighted by Crippen LogP contribution is -2.43. The van der Waals surface area contributed by atoms with Crippen LogP contribution in [0.2, 0.25) is 0 Å². The standard InChI is InChI=1S/C24H24N4O2/c29-24(27-18-8-12-23(13-9-18)30-22-4-2-1-3-5-22)26-17-6-10-20(11-7-17)28-16-19-14-21(28)15-25-19/h1-13,19,21,25H,14-16H2,(H2,26,27,29)/t19-,21+/m1/s1. The first kappa shape index (κ1) is 18.5. The molecule has 0 unspecified atom stereocenters. The van der Waals surface area contributed by atoms with Crippen molar-refractivity contribution in [2.24, 2.45) is 0 Å². The first-order chi connectivity index (χ1) is 14.7. The number of carbonyl (C=O) groups is 1. The summed E-state index contributed by atoms with van der Waals surface area (Å²) < 4.78 is 5.77. The summed E-state index contributed by atoms with van der Waals surface area (Å²) in [6.45, 7) is 2.12. The maximum atomic E-state index is 12.3. The van der Waals surface area contributed by atoms with E-state index < -0.39 is 0 Å². The Balaban J connectivity index is 1.15. The number of amides is 2. The van der Waals surface area contributed by atoms with Crippen molar-refractivity contribution in [3.8, 4) is 11.5 Å². The number of piperazine rings is 1. The molecule has 2 atom stereocenters. The topological polar surface area (TPSA) is 65.6 Å². The Bertz CT molecular complexity index is 1010. The van der Waals surface area contributed by atoms with Gasteiger partial charge in [0.1, 0.15) is 11.5 Å². The van der Waals surface area contributed by atoms with Crippen molar-refractivity contribution in [3.05, 3.63) is 78.9 Å². The first-order valence-electron chi connectivity index (χ1n) is 10.2. The van der Waals surface area contributed by atoms with Crippen LogP contribution in [0.1, 0.15) is 6.42 Å². The summed E-state index contributed by atoms with van der Waals surface area (Å²) in [7, 11) is 0. The highest BCUT2D eigenvalue weighted by atomic mass is 16.5. The third-order valence-electron chi connectivity index (χ3n) is 5.60. The maximum absolute atomic E-state index is 12.3. The van der Waals surface area contributed by atoms with Crippen molar-refractivity contribution in [2.45, 2.75) is 18.5 Å². The van der Waals surface area contributed by atoms with Gasteiger partial charge in [-0.05, 0) is 67.1 Å². The van der Waals surface area contributed by atoms with Crippen molar-refractivity contribution in [1.29, 1.82) is 0 Å². The average Bonchev–Trinajstić information content (AvgIpc) is 3.40. The van der Waals surface area contributed by atoms with E-state index in [1.54, 1.807) is 0 Å². The van der Waals surface area contributed by atoms with Gasteiger partial charge in [0, 0.05) is 42.2 Å². The summed E-state index contributed by atoms with van der Waals surface area (Å²) in [6, 6.07) is 25.9. The van der Waals surface area contributed by atoms with E-state index in [9.17, 15) is 4.79 Å². The minimum absolute atomic E-state index is 0.274. The molecule has 0 saturated carbocycles. The summed E-state index contributed by atoms with van der Waals surface area (Å²) in [5.41, 5.74) is 2.68. The molecule has 0 spiro atoms. The summed E-state index contributed by atoms with van der Waals surface area (Å²) >= 11 is 0. The zero-order chi connectivity index (χ0) is 20.3. The van der Waals surface area contributed by atoms with E-state index in [1.807, 2.05) is 66.7 Å². The molecule has 0 radical (unpaired) electrons. The van der Waals surface area contributed by atoms with Gasteiger partial charge in [-0.3, -0.25) is 0 Å². The lowest BCUT2D eigenvalue weighted by Gasteiger charge is -2.29. The van der Waals surface area contributed by atoms with Crippen LogP contribution in [0.3, 0.4) is 0 Å². The highest BCUT2D eigenvalue weighted by Gasteiger charge is 2.37. The molecule has 2 aliphatic heterocycles. The van der Waals surface area contributed by atoms with Gasteiger partial charge in [0.05, 0.1) is 0 Å². The van der Waals surface area contributed by atoms with Crippen molar-refractivity contribution >= 4 is 23.1 Å². The Morgan fingerprint density at radius 1 is 0.867 bits per heavy atom. The van der Waals surface area contributed by atoms with Gasteiger partial charge in [0.15, 0.2) is 0 Å². The number of hydrogen-bond donors (Lipinski definition) is 3. The van der Waals surface area contributed by atoms with E-state index in [0.717, 1.165) is 24.5 Å². The third-order valence-corrected chi connectivity index (χ3v) is 5.60. The Morgan fingerprint density at radius 3 is 2.10 bits per heavy atom. The molecule has 3 aromatic carbocycles. The van der Waals surface area contributed by atoms with Crippen LogP contribution in [0.4, 0.5) is 21.9 Å². The van der Waals surface area contributed by atoms with Gasteiger partial charge < -0.3 is 25.6 Å². The fourth-order valence-electron chi connectivity index (χ4n) is 4.14. The molecule has 2 fully saturated rings. The fraction of sp³-hybridized carbons (Fsp3) is 0.208. The Hall–Kier alpha value is -3.51. The van der Waals surface area contributed by atoms with Crippen LogP contribution in [0, 0.1) is 0 Å². The number of ether oxygens (including phenoxy) is 1. The summed E-state index contributed by atoms with van der Waals surface area (Å²) in [5.74, 6) is 1.49. The van der Waals surface area contributed by atoms with E-state index in [2.05, 4.69) is 33.0 Å². The van der Waals surface area contributed by atoms with Gasteiger partial charge in [0.2, 0.25) is 0 Å². The lowest BCUT2D eigenvalue weighted by molar-refractivity contribution is 0.262. The van der Waals surface area contributed by atoms with Crippen LogP contribution in [0.15, 0.2) is 78.9 Å². The lowest BCUT2D eigenvalue weighted by atomic mass is 10.2. The molecule has 2 amide bonds. The van der Waals surface area contributed by atoms with Crippen LogP contribution in [0.5, 0.6) is 11.5 Å². The largest absolute Gasteiger partial charge is 0.457 e. The molecule has 5 rings (SSSR count). The first-order valence-corrected chi connectivity index (χ1v) is 10.2. The van der Waals surface area contributed by atoms with Gasteiger partial charge in [-0.25, -0.2) is 4.79 Å². The smallest absolute Gasteiger partial charge is 0.323 e. The van der Waals surface area contributed by atoms with Gasteiger partial charge in [-0.1, -0.05) is 18.2 Å². The van der Waals surface area contributed by atoms with Crippen LogP contribution < -0.4 is 25.6 Å². The molecule has 2 bridgehead atoms. The van der Waals surface area contributed by atoms with Gasteiger partial charge >= 0.3 is 6.03 Å². The molecule has 0 aromatic heterocycles. The monoisotopic (exact) mass is 400 g/mol. The molecule has 2 heterocycles. The normalized spacial score (nSPS) is 19.5. The van der Waals surface area contributed by atoms with Crippen LogP contribution in [-0.2, 0) is 0 Å². The Morgan fingerprint density at radius 2 is 1.50 bits per heavy atom. The van der Waals surface area contributed by atoms with Gasteiger partial charge in [0.25, 0.3) is 0 Å².